The van der Waals surface area contributed by atoms with E-state index in [0.29, 0.717) is 11.5 Å². The maximum atomic E-state index is 12.9. The zero-order valence-corrected chi connectivity index (χ0v) is 21.6. The van der Waals surface area contributed by atoms with Crippen molar-refractivity contribution in [3.63, 3.8) is 0 Å². The number of nitrogens with zero attached hydrogens (tertiary/aromatic N) is 4. The SMILES string of the molecule is CCCOc1cccc(-c2nn(-c3ccccc3)cc2/C=C2\SC(N3C[C@@H](C)O[C@H](C)C3)=NC2=O)c1. The first-order valence-electron chi connectivity index (χ1n) is 12.3. The first-order chi connectivity index (χ1) is 17.5. The molecule has 0 aliphatic carbocycles. The minimum atomic E-state index is -0.222. The lowest BCUT2D eigenvalue weighted by Crippen LogP contribution is -2.47. The van der Waals surface area contributed by atoms with E-state index in [1.165, 1.54) is 11.8 Å². The predicted molar refractivity (Wildman–Crippen MR) is 144 cm³/mol. The zero-order chi connectivity index (χ0) is 25.1. The minimum Gasteiger partial charge on any atom is -0.494 e. The van der Waals surface area contributed by atoms with E-state index in [9.17, 15) is 4.79 Å². The molecule has 2 aromatic carbocycles. The number of aliphatic imine (C=N–C) groups is 1. The van der Waals surface area contributed by atoms with Crippen LogP contribution >= 0.6 is 11.8 Å². The summed E-state index contributed by atoms with van der Waals surface area (Å²) >= 11 is 1.42. The van der Waals surface area contributed by atoms with Crippen LogP contribution in [0.3, 0.4) is 0 Å². The van der Waals surface area contributed by atoms with Crippen molar-refractivity contribution in [2.75, 3.05) is 19.7 Å². The zero-order valence-electron chi connectivity index (χ0n) is 20.8. The largest absolute Gasteiger partial charge is 0.494 e. The molecule has 3 heterocycles. The molecule has 0 unspecified atom stereocenters. The fourth-order valence-electron chi connectivity index (χ4n) is 4.39. The van der Waals surface area contributed by atoms with E-state index in [1.54, 1.807) is 0 Å². The van der Waals surface area contributed by atoms with Gasteiger partial charge in [0.05, 0.1) is 29.4 Å². The first-order valence-corrected chi connectivity index (χ1v) is 13.1. The van der Waals surface area contributed by atoms with Crippen LogP contribution in [0.2, 0.25) is 0 Å². The van der Waals surface area contributed by atoms with E-state index in [1.807, 2.05) is 85.4 Å². The molecule has 186 valence electrons. The first kappa shape index (κ1) is 24.3. The molecule has 1 saturated heterocycles. The third-order valence-corrected chi connectivity index (χ3v) is 6.97. The van der Waals surface area contributed by atoms with Crippen LogP contribution in [-0.4, -0.2) is 57.7 Å². The van der Waals surface area contributed by atoms with Gasteiger partial charge in [0, 0.05) is 30.4 Å². The lowest BCUT2D eigenvalue weighted by Gasteiger charge is -2.35. The van der Waals surface area contributed by atoms with Crippen LogP contribution in [0.4, 0.5) is 0 Å². The number of morpholine rings is 1. The molecule has 8 heteroatoms. The Morgan fingerprint density at radius 1 is 1.11 bits per heavy atom. The van der Waals surface area contributed by atoms with Crippen molar-refractivity contribution >= 4 is 28.9 Å². The number of carbonyl (C=O) groups excluding carboxylic acids is 1. The third kappa shape index (κ3) is 5.39. The third-order valence-electron chi connectivity index (χ3n) is 5.93. The Hall–Kier alpha value is -3.36. The van der Waals surface area contributed by atoms with Crippen LogP contribution in [0.25, 0.3) is 23.0 Å². The summed E-state index contributed by atoms with van der Waals surface area (Å²) in [4.78, 5) is 20.0. The number of ether oxygens (including phenoxy) is 2. The number of hydrogen-bond acceptors (Lipinski definition) is 6. The quantitative estimate of drug-likeness (QED) is 0.420. The minimum absolute atomic E-state index is 0.0955. The standard InChI is InChI=1S/C28H30N4O3S/c1-4-13-34-24-12-8-9-21(14-24)26-22(18-32(30-26)23-10-6-5-7-11-23)15-25-27(33)29-28(36-25)31-16-19(2)35-20(3)17-31/h5-12,14-15,18-20H,4,13,16-17H2,1-3H3/b25-15-/t19-,20-/m1/s1. The topological polar surface area (TPSA) is 68.9 Å². The average molecular weight is 503 g/mol. The van der Waals surface area contributed by atoms with Crippen LogP contribution in [0, 0.1) is 0 Å². The van der Waals surface area contributed by atoms with Gasteiger partial charge in [-0.1, -0.05) is 37.3 Å². The second-order valence-electron chi connectivity index (χ2n) is 9.06. The summed E-state index contributed by atoms with van der Waals surface area (Å²) in [5.74, 6) is 0.579. The number of rotatable bonds is 6. The van der Waals surface area contributed by atoms with Crippen molar-refractivity contribution in [3.8, 4) is 22.7 Å². The molecule has 1 fully saturated rings. The van der Waals surface area contributed by atoms with E-state index in [0.717, 1.165) is 52.9 Å². The lowest BCUT2D eigenvalue weighted by molar-refractivity contribution is -0.113. The molecule has 0 bridgehead atoms. The number of carbonyl (C=O) groups is 1. The second kappa shape index (κ2) is 10.7. The number of aromatic nitrogens is 2. The van der Waals surface area contributed by atoms with Crippen molar-refractivity contribution in [3.05, 3.63) is 71.3 Å². The molecule has 2 aliphatic heterocycles. The number of hydrogen-bond donors (Lipinski definition) is 0. The van der Waals surface area contributed by atoms with Crippen molar-refractivity contribution < 1.29 is 14.3 Å². The molecule has 1 amide bonds. The van der Waals surface area contributed by atoms with Gasteiger partial charge in [0.25, 0.3) is 5.91 Å². The Morgan fingerprint density at radius 3 is 2.64 bits per heavy atom. The van der Waals surface area contributed by atoms with Crippen molar-refractivity contribution in [1.29, 1.82) is 0 Å². The highest BCUT2D eigenvalue weighted by molar-refractivity contribution is 8.18. The van der Waals surface area contributed by atoms with Crippen LogP contribution in [-0.2, 0) is 9.53 Å². The number of para-hydroxylation sites is 1. The van der Waals surface area contributed by atoms with E-state index in [-0.39, 0.29) is 18.1 Å². The second-order valence-corrected chi connectivity index (χ2v) is 10.1. The molecule has 7 nitrogen and oxygen atoms in total. The molecular weight excluding hydrogens is 472 g/mol. The molecule has 3 aromatic rings. The highest BCUT2D eigenvalue weighted by Gasteiger charge is 2.31. The van der Waals surface area contributed by atoms with E-state index < -0.39 is 0 Å². The Bertz CT molecular complexity index is 1290. The molecule has 5 rings (SSSR count). The highest BCUT2D eigenvalue weighted by atomic mass is 32.2. The van der Waals surface area contributed by atoms with Crippen molar-refractivity contribution in [2.24, 2.45) is 4.99 Å². The monoisotopic (exact) mass is 502 g/mol. The van der Waals surface area contributed by atoms with Gasteiger partial charge in [-0.05, 0) is 62.4 Å². The molecule has 36 heavy (non-hydrogen) atoms. The molecule has 1 aromatic heterocycles. The Morgan fingerprint density at radius 2 is 1.89 bits per heavy atom. The molecule has 0 N–H and O–H groups in total. The summed E-state index contributed by atoms with van der Waals surface area (Å²) < 4.78 is 13.5. The summed E-state index contributed by atoms with van der Waals surface area (Å²) in [6, 6.07) is 17.9. The predicted octanol–water partition coefficient (Wildman–Crippen LogP) is 5.41. The Balaban J connectivity index is 1.49. The number of amidine groups is 1. The summed E-state index contributed by atoms with van der Waals surface area (Å²) in [6.07, 6.45) is 4.99. The van der Waals surface area contributed by atoms with Gasteiger partial charge in [0.1, 0.15) is 11.4 Å². The number of amides is 1. The smallest absolute Gasteiger partial charge is 0.286 e. The van der Waals surface area contributed by atoms with Gasteiger partial charge in [-0.15, -0.1) is 0 Å². The highest BCUT2D eigenvalue weighted by Crippen LogP contribution is 2.34. The number of benzene rings is 2. The molecular formula is C28H30N4O3S. The maximum Gasteiger partial charge on any atom is 0.286 e. The van der Waals surface area contributed by atoms with Gasteiger partial charge in [0.15, 0.2) is 5.17 Å². The van der Waals surface area contributed by atoms with Crippen LogP contribution in [0.1, 0.15) is 32.8 Å². The summed E-state index contributed by atoms with van der Waals surface area (Å²) in [7, 11) is 0. The van der Waals surface area contributed by atoms with Gasteiger partial charge in [-0.3, -0.25) is 4.79 Å². The van der Waals surface area contributed by atoms with Gasteiger partial charge < -0.3 is 14.4 Å². The Kier molecular flexibility index (Phi) is 7.25. The Labute approximate surface area is 215 Å². The van der Waals surface area contributed by atoms with Crippen LogP contribution in [0.5, 0.6) is 5.75 Å². The molecule has 0 spiro atoms. The van der Waals surface area contributed by atoms with Gasteiger partial charge in [0.2, 0.25) is 0 Å². The van der Waals surface area contributed by atoms with Crippen molar-refractivity contribution in [2.45, 2.75) is 39.4 Å². The normalized spacial score (nSPS) is 21.2. The summed E-state index contributed by atoms with van der Waals surface area (Å²) in [6.45, 7) is 8.27. The molecule has 2 atom stereocenters. The fourth-order valence-corrected chi connectivity index (χ4v) is 5.31. The average Bonchev–Trinajstić information content (AvgIpc) is 3.47. The van der Waals surface area contributed by atoms with E-state index >= 15 is 0 Å². The number of thioether (sulfide) groups is 1. The van der Waals surface area contributed by atoms with Gasteiger partial charge in [-0.2, -0.15) is 10.1 Å². The fraction of sp³-hybridized carbons (Fsp3) is 0.321. The summed E-state index contributed by atoms with van der Waals surface area (Å²) in [5, 5.41) is 5.64. The van der Waals surface area contributed by atoms with E-state index in [2.05, 4.69) is 16.8 Å². The molecule has 0 saturated carbocycles. The maximum absolute atomic E-state index is 12.9. The lowest BCUT2D eigenvalue weighted by atomic mass is 10.1. The van der Waals surface area contributed by atoms with E-state index in [4.69, 9.17) is 14.6 Å². The van der Waals surface area contributed by atoms with Crippen LogP contribution in [0.15, 0.2) is 70.7 Å². The molecule has 2 aliphatic rings. The van der Waals surface area contributed by atoms with Gasteiger partial charge in [-0.25, -0.2) is 4.68 Å². The molecule has 0 radical (unpaired) electrons. The van der Waals surface area contributed by atoms with Crippen LogP contribution < -0.4 is 4.74 Å². The van der Waals surface area contributed by atoms with Crippen molar-refractivity contribution in [1.82, 2.24) is 14.7 Å². The summed E-state index contributed by atoms with van der Waals surface area (Å²) in [5.41, 5.74) is 3.50. The van der Waals surface area contributed by atoms with Gasteiger partial charge >= 0.3 is 0 Å².